The number of methoxy groups -OCH3 is 1. The molecule has 160 valence electrons. The van der Waals surface area contributed by atoms with E-state index in [9.17, 15) is 18.0 Å². The first kappa shape index (κ1) is 21.9. The third kappa shape index (κ3) is 5.03. The van der Waals surface area contributed by atoms with Crippen molar-refractivity contribution >= 4 is 39.1 Å². The van der Waals surface area contributed by atoms with E-state index in [1.54, 1.807) is 29.2 Å². The van der Waals surface area contributed by atoms with Crippen LogP contribution >= 0.6 is 11.6 Å². The minimum atomic E-state index is -4.09. The van der Waals surface area contributed by atoms with Gasteiger partial charge in [-0.2, -0.15) is 0 Å². The number of rotatable bonds is 7. The number of amides is 2. The Morgan fingerprint density at radius 1 is 1.13 bits per heavy atom. The topological polar surface area (TPSA) is 105 Å². The smallest absolute Gasteiger partial charge is 0.263 e. The monoisotopic (exact) mass is 451 g/mol. The standard InChI is InChI=1S/C20H22ClN3O5S/c1-29-17-7-3-2-6-16(17)23-30(27,28)18-12-14(8-9-15(18)21)20(26)22-13-19(25)24-10-4-5-11-24/h2-3,6-9,12,23H,4-5,10-11,13H2,1H3,(H,22,26). The van der Waals surface area contributed by atoms with Crippen LogP contribution in [0.15, 0.2) is 47.4 Å². The minimum Gasteiger partial charge on any atom is -0.495 e. The summed E-state index contributed by atoms with van der Waals surface area (Å²) in [5.74, 6) is -0.389. The van der Waals surface area contributed by atoms with Crippen LogP contribution in [-0.2, 0) is 14.8 Å². The highest BCUT2D eigenvalue weighted by Gasteiger charge is 2.23. The summed E-state index contributed by atoms with van der Waals surface area (Å²) in [7, 11) is -2.67. The van der Waals surface area contributed by atoms with Crippen LogP contribution in [0.4, 0.5) is 5.69 Å². The molecule has 1 fully saturated rings. The van der Waals surface area contributed by atoms with Crippen molar-refractivity contribution in [2.45, 2.75) is 17.7 Å². The van der Waals surface area contributed by atoms with Crippen molar-refractivity contribution in [2.24, 2.45) is 0 Å². The van der Waals surface area contributed by atoms with E-state index in [0.29, 0.717) is 18.8 Å². The molecule has 0 aliphatic carbocycles. The SMILES string of the molecule is COc1ccccc1NS(=O)(=O)c1cc(C(=O)NCC(=O)N2CCCC2)ccc1Cl. The van der Waals surface area contributed by atoms with Crippen LogP contribution in [0.2, 0.25) is 5.02 Å². The average Bonchev–Trinajstić information content (AvgIpc) is 3.27. The predicted molar refractivity (Wildman–Crippen MR) is 113 cm³/mol. The predicted octanol–water partition coefficient (Wildman–Crippen LogP) is 2.50. The quantitative estimate of drug-likeness (QED) is 0.673. The van der Waals surface area contributed by atoms with Crippen molar-refractivity contribution in [1.29, 1.82) is 0 Å². The van der Waals surface area contributed by atoms with Crippen LogP contribution in [0.5, 0.6) is 5.75 Å². The molecule has 0 aromatic heterocycles. The second-order valence-electron chi connectivity index (χ2n) is 6.72. The maximum absolute atomic E-state index is 12.9. The summed E-state index contributed by atoms with van der Waals surface area (Å²) in [6.07, 6.45) is 1.91. The van der Waals surface area contributed by atoms with E-state index in [0.717, 1.165) is 12.8 Å². The molecule has 10 heteroatoms. The van der Waals surface area contributed by atoms with E-state index in [1.165, 1.54) is 25.3 Å². The fourth-order valence-electron chi connectivity index (χ4n) is 3.12. The second-order valence-corrected chi connectivity index (χ2v) is 8.78. The third-order valence-corrected chi connectivity index (χ3v) is 6.54. The summed E-state index contributed by atoms with van der Waals surface area (Å²) in [6.45, 7) is 1.22. The third-order valence-electron chi connectivity index (χ3n) is 4.69. The molecule has 2 amide bonds. The molecule has 8 nitrogen and oxygen atoms in total. The van der Waals surface area contributed by atoms with E-state index < -0.39 is 15.9 Å². The highest BCUT2D eigenvalue weighted by molar-refractivity contribution is 7.92. The number of benzene rings is 2. The summed E-state index contributed by atoms with van der Waals surface area (Å²) in [6, 6.07) is 10.4. The lowest BCUT2D eigenvalue weighted by atomic mass is 10.2. The molecule has 1 heterocycles. The molecule has 1 aliphatic rings. The molecule has 0 unspecified atom stereocenters. The van der Waals surface area contributed by atoms with Crippen molar-refractivity contribution in [3.05, 3.63) is 53.1 Å². The maximum Gasteiger partial charge on any atom is 0.263 e. The zero-order chi connectivity index (χ0) is 21.7. The lowest BCUT2D eigenvalue weighted by Gasteiger charge is -2.16. The normalized spacial score (nSPS) is 13.7. The molecular formula is C20H22ClN3O5S. The van der Waals surface area contributed by atoms with Crippen LogP contribution in [0.1, 0.15) is 23.2 Å². The molecule has 0 radical (unpaired) electrons. The molecule has 2 N–H and O–H groups in total. The van der Waals surface area contributed by atoms with Crippen LogP contribution in [0, 0.1) is 0 Å². The lowest BCUT2D eigenvalue weighted by molar-refractivity contribution is -0.129. The van der Waals surface area contributed by atoms with Gasteiger partial charge in [0.15, 0.2) is 0 Å². The Bertz CT molecular complexity index is 1050. The first-order valence-electron chi connectivity index (χ1n) is 9.33. The molecular weight excluding hydrogens is 430 g/mol. The van der Waals surface area contributed by atoms with Crippen molar-refractivity contribution in [1.82, 2.24) is 10.2 Å². The van der Waals surface area contributed by atoms with Gasteiger partial charge in [-0.1, -0.05) is 23.7 Å². The number of likely N-dealkylation sites (tertiary alicyclic amines) is 1. The van der Waals surface area contributed by atoms with Gasteiger partial charge in [0.2, 0.25) is 5.91 Å². The Morgan fingerprint density at radius 3 is 2.53 bits per heavy atom. The summed E-state index contributed by atoms with van der Waals surface area (Å²) >= 11 is 6.10. The zero-order valence-electron chi connectivity index (χ0n) is 16.4. The Balaban J connectivity index is 1.76. The van der Waals surface area contributed by atoms with Crippen LogP contribution in [-0.4, -0.2) is 51.9 Å². The van der Waals surface area contributed by atoms with Gasteiger partial charge in [-0.25, -0.2) is 8.42 Å². The van der Waals surface area contributed by atoms with E-state index in [1.807, 2.05) is 0 Å². The molecule has 3 rings (SSSR count). The molecule has 1 saturated heterocycles. The Morgan fingerprint density at radius 2 is 1.83 bits per heavy atom. The number of carbonyl (C=O) groups excluding carboxylic acids is 2. The zero-order valence-corrected chi connectivity index (χ0v) is 17.9. The first-order valence-corrected chi connectivity index (χ1v) is 11.2. The van der Waals surface area contributed by atoms with Crippen molar-refractivity contribution in [2.75, 3.05) is 31.5 Å². The highest BCUT2D eigenvalue weighted by Crippen LogP contribution is 2.29. The number of ether oxygens (including phenoxy) is 1. The van der Waals surface area contributed by atoms with Gasteiger partial charge in [-0.05, 0) is 43.2 Å². The first-order chi connectivity index (χ1) is 14.3. The van der Waals surface area contributed by atoms with Crippen LogP contribution in [0.3, 0.4) is 0 Å². The van der Waals surface area contributed by atoms with E-state index >= 15 is 0 Å². The van der Waals surface area contributed by atoms with Gasteiger partial charge in [0.25, 0.3) is 15.9 Å². The van der Waals surface area contributed by atoms with Gasteiger partial charge in [-0.15, -0.1) is 0 Å². The van der Waals surface area contributed by atoms with E-state index in [2.05, 4.69) is 10.0 Å². The molecule has 2 aromatic rings. The van der Waals surface area contributed by atoms with Crippen molar-refractivity contribution in [3.63, 3.8) is 0 Å². The molecule has 0 atom stereocenters. The summed E-state index contributed by atoms with van der Waals surface area (Å²) in [5.41, 5.74) is 0.316. The lowest BCUT2D eigenvalue weighted by Crippen LogP contribution is -2.38. The number of nitrogens with zero attached hydrogens (tertiary/aromatic N) is 1. The number of para-hydroxylation sites is 2. The largest absolute Gasteiger partial charge is 0.495 e. The Hall–Kier alpha value is -2.78. The van der Waals surface area contributed by atoms with Gasteiger partial charge in [0.1, 0.15) is 10.6 Å². The number of hydrogen-bond donors (Lipinski definition) is 2. The van der Waals surface area contributed by atoms with Crippen molar-refractivity contribution < 1.29 is 22.7 Å². The van der Waals surface area contributed by atoms with Gasteiger partial charge < -0.3 is 15.0 Å². The van der Waals surface area contributed by atoms with Gasteiger partial charge in [0, 0.05) is 18.7 Å². The van der Waals surface area contributed by atoms with Crippen molar-refractivity contribution in [3.8, 4) is 5.75 Å². The van der Waals surface area contributed by atoms with E-state index in [4.69, 9.17) is 16.3 Å². The number of nitrogens with one attached hydrogen (secondary N) is 2. The second kappa shape index (κ2) is 9.36. The van der Waals surface area contributed by atoms with Gasteiger partial charge >= 0.3 is 0 Å². The molecule has 30 heavy (non-hydrogen) atoms. The number of hydrogen-bond acceptors (Lipinski definition) is 5. The molecule has 1 aliphatic heterocycles. The number of carbonyl (C=O) groups is 2. The fourth-order valence-corrected chi connectivity index (χ4v) is 4.71. The summed E-state index contributed by atoms with van der Waals surface area (Å²) < 4.78 is 33.3. The maximum atomic E-state index is 12.9. The summed E-state index contributed by atoms with van der Waals surface area (Å²) in [4.78, 5) is 26.0. The van der Waals surface area contributed by atoms with Crippen LogP contribution in [0.25, 0.3) is 0 Å². The average molecular weight is 452 g/mol. The molecule has 0 saturated carbocycles. The highest BCUT2D eigenvalue weighted by atomic mass is 35.5. The Kier molecular flexibility index (Phi) is 6.84. The molecule has 0 bridgehead atoms. The Labute approximate surface area is 180 Å². The van der Waals surface area contributed by atoms with Crippen LogP contribution < -0.4 is 14.8 Å². The van der Waals surface area contributed by atoms with Gasteiger partial charge in [0.05, 0.1) is 24.4 Å². The van der Waals surface area contributed by atoms with E-state index in [-0.39, 0.29) is 33.6 Å². The molecule has 2 aromatic carbocycles. The fraction of sp³-hybridized carbons (Fsp3) is 0.300. The molecule has 0 spiro atoms. The summed E-state index contributed by atoms with van der Waals surface area (Å²) in [5, 5.41) is 2.49. The van der Waals surface area contributed by atoms with Gasteiger partial charge in [-0.3, -0.25) is 14.3 Å². The number of anilines is 1. The minimum absolute atomic E-state index is 0.0397. The number of halogens is 1. The number of sulfonamides is 1.